The lowest BCUT2D eigenvalue weighted by Gasteiger charge is -1.99. The van der Waals surface area contributed by atoms with Gasteiger partial charge >= 0.3 is 8.25 Å². The zero-order valence-corrected chi connectivity index (χ0v) is 8.61. The molecule has 0 saturated heterocycles. The largest absolute Gasteiger partial charge is 0.695 e. The number of hydrogen-bond donors (Lipinski definition) is 2. The standard InChI is InChI=1S/C9H12NO3P/c10-6-5-8-1-3-9(4-2-8)7-13-14(11)12/h1-4H,5-7,10H2/p+1. The molecule has 3 N–H and O–H groups in total. The van der Waals surface area contributed by atoms with Crippen LogP contribution in [-0.4, -0.2) is 11.4 Å². The first-order valence-electron chi connectivity index (χ1n) is 4.29. The van der Waals surface area contributed by atoms with Gasteiger partial charge in [0, 0.05) is 4.57 Å². The number of hydrogen-bond acceptors (Lipinski definition) is 3. The van der Waals surface area contributed by atoms with Crippen LogP contribution in [0.4, 0.5) is 0 Å². The van der Waals surface area contributed by atoms with Crippen molar-refractivity contribution in [3.63, 3.8) is 0 Å². The van der Waals surface area contributed by atoms with Crippen LogP contribution in [0.15, 0.2) is 24.3 Å². The van der Waals surface area contributed by atoms with Crippen LogP contribution in [0.1, 0.15) is 11.1 Å². The van der Waals surface area contributed by atoms with Crippen LogP contribution >= 0.6 is 8.25 Å². The lowest BCUT2D eigenvalue weighted by molar-refractivity contribution is 0.272. The van der Waals surface area contributed by atoms with E-state index in [9.17, 15) is 4.57 Å². The van der Waals surface area contributed by atoms with Gasteiger partial charge in [0.2, 0.25) is 0 Å². The summed E-state index contributed by atoms with van der Waals surface area (Å²) in [5.41, 5.74) is 7.44. The molecule has 1 unspecified atom stereocenters. The Morgan fingerprint density at radius 2 is 1.86 bits per heavy atom. The van der Waals surface area contributed by atoms with Gasteiger partial charge in [-0.1, -0.05) is 24.3 Å². The molecule has 0 aromatic heterocycles. The SMILES string of the molecule is NCCc1ccc(CO[P+](=O)O)cc1. The predicted molar refractivity (Wildman–Crippen MR) is 53.8 cm³/mol. The van der Waals surface area contributed by atoms with E-state index in [0.717, 1.165) is 17.5 Å². The molecule has 0 radical (unpaired) electrons. The number of nitrogens with two attached hydrogens (primary N) is 1. The topological polar surface area (TPSA) is 72.5 Å². The van der Waals surface area contributed by atoms with Gasteiger partial charge in [-0.25, -0.2) is 0 Å². The van der Waals surface area contributed by atoms with Gasteiger partial charge in [0.25, 0.3) is 0 Å². The fourth-order valence-electron chi connectivity index (χ4n) is 1.10. The van der Waals surface area contributed by atoms with Gasteiger partial charge in [-0.15, -0.1) is 9.42 Å². The highest BCUT2D eigenvalue weighted by Crippen LogP contribution is 2.18. The van der Waals surface area contributed by atoms with E-state index in [-0.39, 0.29) is 6.61 Å². The minimum absolute atomic E-state index is 0.161. The summed E-state index contributed by atoms with van der Waals surface area (Å²) in [5.74, 6) is 0. The smallest absolute Gasteiger partial charge is 0.330 e. The average Bonchev–Trinajstić information content (AvgIpc) is 2.17. The van der Waals surface area contributed by atoms with Crippen molar-refractivity contribution in [2.45, 2.75) is 13.0 Å². The normalized spacial score (nSPS) is 11.4. The highest BCUT2D eigenvalue weighted by atomic mass is 31.1. The molecule has 1 atom stereocenters. The van der Waals surface area contributed by atoms with E-state index in [0.29, 0.717) is 6.54 Å². The van der Waals surface area contributed by atoms with E-state index in [1.807, 2.05) is 24.3 Å². The second-order valence-electron chi connectivity index (χ2n) is 2.87. The van der Waals surface area contributed by atoms with Gasteiger partial charge in [0.1, 0.15) is 6.61 Å². The summed E-state index contributed by atoms with van der Waals surface area (Å²) in [6.45, 7) is 0.785. The highest BCUT2D eigenvalue weighted by molar-refractivity contribution is 7.32. The van der Waals surface area contributed by atoms with Crippen molar-refractivity contribution in [2.24, 2.45) is 5.73 Å². The molecule has 0 aliphatic carbocycles. The van der Waals surface area contributed by atoms with E-state index in [1.165, 1.54) is 0 Å². The monoisotopic (exact) mass is 214 g/mol. The molecule has 5 heteroatoms. The predicted octanol–water partition coefficient (Wildman–Crippen LogP) is 1.35. The van der Waals surface area contributed by atoms with E-state index >= 15 is 0 Å². The van der Waals surface area contributed by atoms with Gasteiger partial charge in [-0.2, -0.15) is 0 Å². The summed E-state index contributed by atoms with van der Waals surface area (Å²) < 4.78 is 14.8. The lowest BCUT2D eigenvalue weighted by atomic mass is 10.1. The Balaban J connectivity index is 2.50. The van der Waals surface area contributed by atoms with Crippen LogP contribution in [0, 0.1) is 0 Å². The maximum Gasteiger partial charge on any atom is 0.695 e. The Kier molecular flexibility index (Phi) is 4.70. The molecule has 0 saturated carbocycles. The third kappa shape index (κ3) is 3.94. The molecule has 76 valence electrons. The summed E-state index contributed by atoms with van der Waals surface area (Å²) in [6, 6.07) is 7.61. The molecule has 1 rings (SSSR count). The zero-order chi connectivity index (χ0) is 10.4. The molecule has 0 aliphatic heterocycles. The molecule has 0 amide bonds. The summed E-state index contributed by atoms with van der Waals surface area (Å²) in [7, 11) is -2.51. The molecule has 14 heavy (non-hydrogen) atoms. The molecular weight excluding hydrogens is 201 g/mol. The van der Waals surface area contributed by atoms with E-state index in [2.05, 4.69) is 4.52 Å². The van der Waals surface area contributed by atoms with Crippen LogP contribution < -0.4 is 5.73 Å². The van der Waals surface area contributed by atoms with Crippen LogP contribution in [0.3, 0.4) is 0 Å². The van der Waals surface area contributed by atoms with Crippen molar-refractivity contribution in [2.75, 3.05) is 6.54 Å². The number of rotatable bonds is 5. The minimum atomic E-state index is -2.51. The van der Waals surface area contributed by atoms with Crippen LogP contribution in [0.25, 0.3) is 0 Å². The van der Waals surface area contributed by atoms with Gasteiger partial charge in [0.05, 0.1) is 0 Å². The molecule has 1 aromatic rings. The van der Waals surface area contributed by atoms with Crippen molar-refractivity contribution >= 4 is 8.25 Å². The molecule has 0 bridgehead atoms. The van der Waals surface area contributed by atoms with Crippen molar-refractivity contribution in [1.82, 2.24) is 0 Å². The summed E-state index contributed by atoms with van der Waals surface area (Å²) in [5, 5.41) is 0. The summed E-state index contributed by atoms with van der Waals surface area (Å²) in [6.07, 6.45) is 0.843. The molecule has 0 heterocycles. The van der Waals surface area contributed by atoms with Gasteiger partial charge in [-0.3, -0.25) is 0 Å². The second-order valence-corrected chi connectivity index (χ2v) is 3.60. The van der Waals surface area contributed by atoms with Gasteiger partial charge in [0.15, 0.2) is 0 Å². The Morgan fingerprint density at radius 1 is 1.29 bits per heavy atom. The fourth-order valence-corrected chi connectivity index (χ4v) is 1.36. The fraction of sp³-hybridized carbons (Fsp3) is 0.333. The molecule has 1 aromatic carbocycles. The molecule has 0 aliphatic rings. The maximum absolute atomic E-state index is 10.3. The third-order valence-corrected chi connectivity index (χ3v) is 2.15. The Hall–Kier alpha value is -0.800. The Bertz CT molecular complexity index is 299. The van der Waals surface area contributed by atoms with Gasteiger partial charge in [-0.05, 0) is 24.1 Å². The van der Waals surface area contributed by atoms with Crippen molar-refractivity contribution in [3.8, 4) is 0 Å². The Morgan fingerprint density at radius 3 is 2.36 bits per heavy atom. The number of benzene rings is 1. The van der Waals surface area contributed by atoms with E-state index in [1.54, 1.807) is 0 Å². The first-order valence-corrected chi connectivity index (χ1v) is 5.42. The molecule has 0 spiro atoms. The van der Waals surface area contributed by atoms with Crippen molar-refractivity contribution < 1.29 is 14.0 Å². The zero-order valence-electron chi connectivity index (χ0n) is 7.72. The third-order valence-electron chi connectivity index (χ3n) is 1.80. The van der Waals surface area contributed by atoms with Crippen LogP contribution in [0.2, 0.25) is 0 Å². The summed E-state index contributed by atoms with van der Waals surface area (Å²) in [4.78, 5) is 8.42. The van der Waals surface area contributed by atoms with E-state index < -0.39 is 8.25 Å². The van der Waals surface area contributed by atoms with E-state index in [4.69, 9.17) is 10.6 Å². The molecular formula is C9H13NO3P+. The van der Waals surface area contributed by atoms with Crippen LogP contribution in [-0.2, 0) is 22.1 Å². The molecule has 0 fully saturated rings. The first kappa shape index (κ1) is 11.3. The quantitative estimate of drug-likeness (QED) is 0.726. The summed E-state index contributed by atoms with van der Waals surface area (Å²) >= 11 is 0. The van der Waals surface area contributed by atoms with Crippen molar-refractivity contribution in [3.05, 3.63) is 35.4 Å². The first-order chi connectivity index (χ1) is 6.72. The average molecular weight is 214 g/mol. The molecule has 4 nitrogen and oxygen atoms in total. The lowest BCUT2D eigenvalue weighted by Crippen LogP contribution is -2.02. The Labute approximate surface area is 83.7 Å². The second kappa shape index (κ2) is 5.83. The van der Waals surface area contributed by atoms with Crippen LogP contribution in [0.5, 0.6) is 0 Å². The minimum Gasteiger partial charge on any atom is -0.330 e. The van der Waals surface area contributed by atoms with Gasteiger partial charge < -0.3 is 5.73 Å². The highest BCUT2D eigenvalue weighted by Gasteiger charge is 2.11. The van der Waals surface area contributed by atoms with Crippen molar-refractivity contribution in [1.29, 1.82) is 0 Å². The maximum atomic E-state index is 10.3.